The van der Waals surface area contributed by atoms with Gasteiger partial charge in [-0.3, -0.25) is 9.59 Å². The van der Waals surface area contributed by atoms with Crippen molar-refractivity contribution in [2.75, 3.05) is 23.7 Å². The van der Waals surface area contributed by atoms with Crippen molar-refractivity contribution >= 4 is 33.0 Å². The average Bonchev–Trinajstić information content (AvgIpc) is 2.81. The maximum Gasteiger partial charge on any atom is 0.238 e. The Hall–Kier alpha value is -2.75. The first-order valence-corrected chi connectivity index (χ1v) is 12.7. The highest BCUT2D eigenvalue weighted by atomic mass is 32.2. The zero-order valence-electron chi connectivity index (χ0n) is 19.6. The molecule has 2 rings (SSSR count). The summed E-state index contributed by atoms with van der Waals surface area (Å²) in [7, 11) is -3.73. The van der Waals surface area contributed by atoms with E-state index in [0.717, 1.165) is 12.8 Å². The van der Waals surface area contributed by atoms with Crippen LogP contribution in [-0.2, 0) is 19.4 Å². The van der Waals surface area contributed by atoms with E-state index in [-0.39, 0.29) is 46.8 Å². The van der Waals surface area contributed by atoms with E-state index in [2.05, 4.69) is 21.3 Å². The second-order valence-electron chi connectivity index (χ2n) is 8.03. The van der Waals surface area contributed by atoms with Crippen molar-refractivity contribution < 1.29 is 18.0 Å². The van der Waals surface area contributed by atoms with Gasteiger partial charge in [0.05, 0.1) is 22.9 Å². The van der Waals surface area contributed by atoms with Crippen LogP contribution in [0.3, 0.4) is 0 Å². The molecule has 0 aliphatic carbocycles. The summed E-state index contributed by atoms with van der Waals surface area (Å²) in [6, 6.07) is 12.6. The lowest BCUT2D eigenvalue weighted by Crippen LogP contribution is -2.33. The molecule has 9 heteroatoms. The van der Waals surface area contributed by atoms with Gasteiger partial charge in [0.15, 0.2) is 0 Å². The Labute approximate surface area is 196 Å². The summed E-state index contributed by atoms with van der Waals surface area (Å²) >= 11 is 0. The first-order chi connectivity index (χ1) is 15.6. The minimum atomic E-state index is -3.73. The number of rotatable bonds is 12. The third kappa shape index (κ3) is 8.27. The summed E-state index contributed by atoms with van der Waals surface area (Å²) < 4.78 is 25.9. The fourth-order valence-corrected chi connectivity index (χ4v) is 4.06. The number of sulfone groups is 1. The highest BCUT2D eigenvalue weighted by Gasteiger charge is 2.18. The fraction of sp³-hybridized carbons (Fsp3) is 0.417. The lowest BCUT2D eigenvalue weighted by molar-refractivity contribution is -0.116. The number of amides is 2. The largest absolute Gasteiger partial charge is 0.325 e. The topological polar surface area (TPSA) is 116 Å². The van der Waals surface area contributed by atoms with Crippen LogP contribution >= 0.6 is 0 Å². The second kappa shape index (κ2) is 12.5. The number of anilines is 2. The van der Waals surface area contributed by atoms with E-state index in [4.69, 9.17) is 0 Å². The Balaban J connectivity index is 1.98. The van der Waals surface area contributed by atoms with Crippen LogP contribution in [0.1, 0.15) is 40.5 Å². The van der Waals surface area contributed by atoms with E-state index in [1.807, 2.05) is 27.7 Å². The van der Waals surface area contributed by atoms with E-state index in [9.17, 15) is 18.0 Å². The summed E-state index contributed by atoms with van der Waals surface area (Å²) in [5.74, 6) is -0.384. The van der Waals surface area contributed by atoms with Gasteiger partial charge in [0, 0.05) is 23.5 Å². The fourth-order valence-electron chi connectivity index (χ4n) is 2.80. The molecule has 8 nitrogen and oxygen atoms in total. The molecule has 0 aliphatic heterocycles. The van der Waals surface area contributed by atoms with Crippen molar-refractivity contribution in [3.05, 3.63) is 48.5 Å². The van der Waals surface area contributed by atoms with Crippen LogP contribution in [0.4, 0.5) is 11.4 Å². The Morgan fingerprint density at radius 1 is 0.697 bits per heavy atom. The molecule has 2 aromatic rings. The lowest BCUT2D eigenvalue weighted by atomic mass is 10.2. The van der Waals surface area contributed by atoms with E-state index < -0.39 is 9.84 Å². The number of carbonyl (C=O) groups excluding carboxylic acids is 2. The van der Waals surface area contributed by atoms with E-state index >= 15 is 0 Å². The quantitative estimate of drug-likeness (QED) is 0.375. The maximum absolute atomic E-state index is 12.9. The molecule has 0 unspecified atom stereocenters. The van der Waals surface area contributed by atoms with Gasteiger partial charge < -0.3 is 21.3 Å². The van der Waals surface area contributed by atoms with E-state index in [0.29, 0.717) is 11.4 Å². The molecule has 0 spiro atoms. The molecule has 4 N–H and O–H groups in total. The highest BCUT2D eigenvalue weighted by molar-refractivity contribution is 7.91. The normalized spacial score (nSPS) is 13.2. The molecule has 2 atom stereocenters. The van der Waals surface area contributed by atoms with Crippen LogP contribution in [0.5, 0.6) is 0 Å². The zero-order chi connectivity index (χ0) is 24.4. The Morgan fingerprint density at radius 3 is 1.33 bits per heavy atom. The highest BCUT2D eigenvalue weighted by Crippen LogP contribution is 2.23. The van der Waals surface area contributed by atoms with Crippen molar-refractivity contribution in [1.82, 2.24) is 10.6 Å². The predicted octanol–water partition coefficient (Wildman–Crippen LogP) is 3.17. The van der Waals surface area contributed by atoms with Crippen LogP contribution in [0.15, 0.2) is 58.3 Å². The molecule has 0 aromatic heterocycles. The smallest absolute Gasteiger partial charge is 0.238 e. The standard InChI is InChI=1S/C24H34N4O4S/c1-5-17(3)25-15-23(29)27-19-7-11-21(12-8-19)33(31,32)22-13-9-20(10-14-22)28-24(30)16-26-18(4)6-2/h7-14,17-18,25-26H,5-6,15-16H2,1-4H3,(H,27,29)(H,28,30)/t17-,18-/m1/s1. The maximum atomic E-state index is 12.9. The van der Waals surface area contributed by atoms with Crippen molar-refractivity contribution in [2.45, 2.75) is 62.4 Å². The summed E-state index contributed by atoms with van der Waals surface area (Å²) in [4.78, 5) is 24.3. The predicted molar refractivity (Wildman–Crippen MR) is 131 cm³/mol. The van der Waals surface area contributed by atoms with E-state index in [1.165, 1.54) is 24.3 Å². The molecule has 0 fully saturated rings. The molecule has 0 saturated carbocycles. The molecule has 33 heavy (non-hydrogen) atoms. The minimum absolute atomic E-state index is 0.118. The van der Waals surface area contributed by atoms with Crippen LogP contribution in [-0.4, -0.2) is 45.4 Å². The minimum Gasteiger partial charge on any atom is -0.325 e. The number of hydrogen-bond donors (Lipinski definition) is 4. The number of benzene rings is 2. The number of nitrogens with one attached hydrogen (secondary N) is 4. The molecule has 2 amide bonds. The Morgan fingerprint density at radius 2 is 1.03 bits per heavy atom. The first kappa shape index (κ1) is 26.5. The third-order valence-corrected chi connectivity index (χ3v) is 7.13. The van der Waals surface area contributed by atoms with Crippen molar-refractivity contribution in [3.8, 4) is 0 Å². The van der Waals surface area contributed by atoms with Gasteiger partial charge in [0.25, 0.3) is 0 Å². The van der Waals surface area contributed by atoms with Gasteiger partial charge in [-0.25, -0.2) is 8.42 Å². The van der Waals surface area contributed by atoms with Crippen LogP contribution in [0.2, 0.25) is 0 Å². The third-order valence-electron chi connectivity index (χ3n) is 5.34. The number of hydrogen-bond acceptors (Lipinski definition) is 6. The van der Waals surface area contributed by atoms with Crippen molar-refractivity contribution in [3.63, 3.8) is 0 Å². The van der Waals surface area contributed by atoms with Gasteiger partial charge >= 0.3 is 0 Å². The molecule has 0 radical (unpaired) electrons. The first-order valence-electron chi connectivity index (χ1n) is 11.2. The zero-order valence-corrected chi connectivity index (χ0v) is 20.5. The second-order valence-corrected chi connectivity index (χ2v) is 9.98. The molecule has 0 heterocycles. The summed E-state index contributed by atoms with van der Waals surface area (Å²) in [5.41, 5.74) is 1.04. The molecular weight excluding hydrogens is 440 g/mol. The van der Waals surface area contributed by atoms with Gasteiger partial charge in [-0.1, -0.05) is 13.8 Å². The SMILES string of the molecule is CC[C@@H](C)NCC(=O)Nc1ccc(S(=O)(=O)c2ccc(NC(=O)CN[C@H](C)CC)cc2)cc1. The monoisotopic (exact) mass is 474 g/mol. The van der Waals surface area contributed by atoms with Gasteiger partial charge in [0.1, 0.15) is 0 Å². The molecule has 180 valence electrons. The number of carbonyl (C=O) groups is 2. The van der Waals surface area contributed by atoms with E-state index in [1.54, 1.807) is 24.3 Å². The average molecular weight is 475 g/mol. The molecule has 0 saturated heterocycles. The van der Waals surface area contributed by atoms with Gasteiger partial charge in [-0.2, -0.15) is 0 Å². The summed E-state index contributed by atoms with van der Waals surface area (Å²) in [6.45, 7) is 8.43. The molecule has 2 aromatic carbocycles. The summed E-state index contributed by atoms with van der Waals surface area (Å²) in [5, 5.41) is 11.7. The lowest BCUT2D eigenvalue weighted by Gasteiger charge is -2.12. The Kier molecular flexibility index (Phi) is 10.0. The van der Waals surface area contributed by atoms with Crippen molar-refractivity contribution in [1.29, 1.82) is 0 Å². The van der Waals surface area contributed by atoms with Crippen LogP contribution in [0.25, 0.3) is 0 Å². The summed E-state index contributed by atoms with van der Waals surface area (Å²) in [6.07, 6.45) is 1.84. The Bertz CT molecular complexity index is 944. The van der Waals surface area contributed by atoms with Gasteiger partial charge in [-0.15, -0.1) is 0 Å². The molecule has 0 aliphatic rings. The van der Waals surface area contributed by atoms with Crippen LogP contribution < -0.4 is 21.3 Å². The van der Waals surface area contributed by atoms with Gasteiger partial charge in [-0.05, 0) is 75.2 Å². The molecule has 0 bridgehead atoms. The molecular formula is C24H34N4O4S. The van der Waals surface area contributed by atoms with Gasteiger partial charge in [0.2, 0.25) is 21.7 Å². The van der Waals surface area contributed by atoms with Crippen molar-refractivity contribution in [2.24, 2.45) is 0 Å². The van der Waals surface area contributed by atoms with Crippen LogP contribution in [0, 0.1) is 0 Å².